The maximum absolute atomic E-state index is 5.48. The van der Waals surface area contributed by atoms with E-state index in [1.54, 1.807) is 6.26 Å². The van der Waals surface area contributed by atoms with Crippen LogP contribution in [0.3, 0.4) is 0 Å². The van der Waals surface area contributed by atoms with Crippen LogP contribution in [0.1, 0.15) is 37.9 Å². The van der Waals surface area contributed by atoms with Crippen LogP contribution in [0.15, 0.2) is 27.8 Å². The predicted molar refractivity (Wildman–Crippen MR) is 118 cm³/mol. The molecule has 2 saturated heterocycles. The molecule has 1 aliphatic carbocycles. The van der Waals surface area contributed by atoms with Crippen molar-refractivity contribution in [3.63, 3.8) is 0 Å². The Morgan fingerprint density at radius 2 is 2.04 bits per heavy atom. The summed E-state index contributed by atoms with van der Waals surface area (Å²) in [5.74, 6) is 2.53. The number of ether oxygens (including phenoxy) is 1. The fraction of sp³-hybridized carbons (Fsp3) is 0.750. The van der Waals surface area contributed by atoms with Gasteiger partial charge in [0.25, 0.3) is 0 Å². The maximum atomic E-state index is 5.48. The number of nitrogens with one attached hydrogen (secondary N) is 2. The molecule has 3 heterocycles. The van der Waals surface area contributed by atoms with Gasteiger partial charge in [0, 0.05) is 57.2 Å². The first-order valence-electron chi connectivity index (χ1n) is 10.3. The van der Waals surface area contributed by atoms with E-state index in [0.29, 0.717) is 12.0 Å². The highest BCUT2D eigenvalue weighted by Crippen LogP contribution is 2.29. The third-order valence-electron chi connectivity index (χ3n) is 5.71. The van der Waals surface area contributed by atoms with Gasteiger partial charge in [-0.05, 0) is 44.2 Å². The summed E-state index contributed by atoms with van der Waals surface area (Å²) in [4.78, 5) is 7.52. The summed E-state index contributed by atoms with van der Waals surface area (Å²) in [5.41, 5.74) is 0. The average molecular weight is 488 g/mol. The normalized spacial score (nSPS) is 24.6. The Hall–Kier alpha value is -0.800. The molecule has 1 aromatic rings. The molecule has 1 aromatic heterocycles. The molecule has 6 nitrogen and oxygen atoms in total. The Balaban J connectivity index is 0.00000210. The molecule has 7 heteroatoms. The Kier molecular flexibility index (Phi) is 8.26. The van der Waals surface area contributed by atoms with Crippen LogP contribution in [-0.4, -0.2) is 62.3 Å². The van der Waals surface area contributed by atoms with Crippen LogP contribution >= 0.6 is 24.0 Å². The van der Waals surface area contributed by atoms with E-state index in [9.17, 15) is 0 Å². The molecule has 0 radical (unpaired) electrons. The Labute approximate surface area is 179 Å². The minimum Gasteiger partial charge on any atom is -0.469 e. The molecule has 0 spiro atoms. The third-order valence-corrected chi connectivity index (χ3v) is 5.71. The van der Waals surface area contributed by atoms with Gasteiger partial charge in [-0.2, -0.15) is 0 Å². The molecule has 4 rings (SSSR count). The molecule has 1 atom stereocenters. The predicted octanol–water partition coefficient (Wildman–Crippen LogP) is 2.64. The van der Waals surface area contributed by atoms with Crippen LogP contribution in [-0.2, 0) is 11.2 Å². The monoisotopic (exact) mass is 488 g/mol. The van der Waals surface area contributed by atoms with Crippen LogP contribution in [0.4, 0.5) is 0 Å². The minimum atomic E-state index is 0. The number of hydrogen-bond acceptors (Lipinski definition) is 4. The molecule has 0 bridgehead atoms. The second-order valence-corrected chi connectivity index (χ2v) is 7.86. The van der Waals surface area contributed by atoms with E-state index in [1.807, 2.05) is 12.1 Å². The number of furan rings is 1. The highest BCUT2D eigenvalue weighted by atomic mass is 127. The summed E-state index contributed by atoms with van der Waals surface area (Å²) in [6, 6.07) is 5.38. The van der Waals surface area contributed by atoms with Crippen LogP contribution in [0.25, 0.3) is 0 Å². The highest BCUT2D eigenvalue weighted by Gasteiger charge is 2.31. The standard InChI is InChI=1S/C20H32N4O2.HI/c1-2-19(26-12-1)5-9-21-20(22-14-16-8-13-25-15-16)23-17-6-10-24(11-7-17)18-3-4-18;/h1-2,12,16-18H,3-11,13-15H2,(H2,21,22,23);1H. The van der Waals surface area contributed by atoms with Gasteiger partial charge < -0.3 is 24.7 Å². The molecular weight excluding hydrogens is 455 g/mol. The Morgan fingerprint density at radius 1 is 1.19 bits per heavy atom. The molecule has 2 N–H and O–H groups in total. The summed E-state index contributed by atoms with van der Waals surface area (Å²) in [6.07, 6.45) is 8.97. The van der Waals surface area contributed by atoms with E-state index >= 15 is 0 Å². The number of nitrogens with zero attached hydrogens (tertiary/aromatic N) is 2. The second-order valence-electron chi connectivity index (χ2n) is 7.86. The third kappa shape index (κ3) is 6.64. The zero-order valence-electron chi connectivity index (χ0n) is 16.1. The number of hydrogen-bond donors (Lipinski definition) is 2. The fourth-order valence-electron chi connectivity index (χ4n) is 3.90. The fourth-order valence-corrected chi connectivity index (χ4v) is 3.90. The van der Waals surface area contributed by atoms with E-state index in [-0.39, 0.29) is 24.0 Å². The molecule has 1 saturated carbocycles. The van der Waals surface area contributed by atoms with Crippen molar-refractivity contribution in [3.8, 4) is 0 Å². The first-order chi connectivity index (χ1) is 12.9. The van der Waals surface area contributed by atoms with Crippen LogP contribution in [0, 0.1) is 5.92 Å². The van der Waals surface area contributed by atoms with Gasteiger partial charge in [0.05, 0.1) is 12.9 Å². The van der Waals surface area contributed by atoms with Crippen LogP contribution < -0.4 is 10.6 Å². The lowest BCUT2D eigenvalue weighted by molar-refractivity contribution is 0.187. The lowest BCUT2D eigenvalue weighted by atomic mass is 10.1. The summed E-state index contributed by atoms with van der Waals surface area (Å²) in [6.45, 7) is 5.85. The molecule has 152 valence electrons. The second kappa shape index (κ2) is 10.7. The van der Waals surface area contributed by atoms with Crippen molar-refractivity contribution in [1.29, 1.82) is 0 Å². The first-order valence-corrected chi connectivity index (χ1v) is 10.3. The topological polar surface area (TPSA) is 62.0 Å². The van der Waals surface area contributed by atoms with Gasteiger partial charge in [0.2, 0.25) is 0 Å². The van der Waals surface area contributed by atoms with Gasteiger partial charge in [0.15, 0.2) is 5.96 Å². The quantitative estimate of drug-likeness (QED) is 0.351. The van der Waals surface area contributed by atoms with Crippen molar-refractivity contribution in [2.75, 3.05) is 39.4 Å². The number of likely N-dealkylation sites (tertiary alicyclic amines) is 1. The molecule has 27 heavy (non-hydrogen) atoms. The number of rotatable bonds is 7. The molecule has 1 unspecified atom stereocenters. The zero-order chi connectivity index (χ0) is 17.6. The van der Waals surface area contributed by atoms with E-state index in [1.165, 1.54) is 38.8 Å². The van der Waals surface area contributed by atoms with Crippen molar-refractivity contribution >= 4 is 29.9 Å². The average Bonchev–Trinajstić information content (AvgIpc) is 3.15. The number of guanidine groups is 1. The van der Waals surface area contributed by atoms with Gasteiger partial charge in [0.1, 0.15) is 5.76 Å². The van der Waals surface area contributed by atoms with Crippen molar-refractivity contribution in [2.24, 2.45) is 10.9 Å². The minimum absolute atomic E-state index is 0. The van der Waals surface area contributed by atoms with E-state index in [4.69, 9.17) is 14.1 Å². The van der Waals surface area contributed by atoms with Crippen LogP contribution in [0.2, 0.25) is 0 Å². The number of halogens is 1. The zero-order valence-corrected chi connectivity index (χ0v) is 18.4. The van der Waals surface area contributed by atoms with Gasteiger partial charge >= 0.3 is 0 Å². The summed E-state index contributed by atoms with van der Waals surface area (Å²) in [7, 11) is 0. The maximum Gasteiger partial charge on any atom is 0.191 e. The van der Waals surface area contributed by atoms with Gasteiger partial charge in [-0.3, -0.25) is 4.99 Å². The summed E-state index contributed by atoms with van der Waals surface area (Å²) in [5, 5.41) is 7.18. The molecule has 0 aromatic carbocycles. The highest BCUT2D eigenvalue weighted by molar-refractivity contribution is 14.0. The molecule has 0 amide bonds. The number of aliphatic imine (C=N–C) groups is 1. The molecular formula is C20H33IN4O2. The molecule has 2 aliphatic heterocycles. The van der Waals surface area contributed by atoms with Crippen molar-refractivity contribution in [2.45, 2.75) is 50.6 Å². The van der Waals surface area contributed by atoms with Crippen LogP contribution in [0.5, 0.6) is 0 Å². The van der Waals surface area contributed by atoms with E-state index in [0.717, 1.165) is 56.9 Å². The smallest absolute Gasteiger partial charge is 0.191 e. The van der Waals surface area contributed by atoms with E-state index < -0.39 is 0 Å². The summed E-state index contributed by atoms with van der Waals surface area (Å²) < 4.78 is 10.9. The van der Waals surface area contributed by atoms with Crippen molar-refractivity contribution in [3.05, 3.63) is 24.2 Å². The van der Waals surface area contributed by atoms with Gasteiger partial charge in [-0.1, -0.05) is 0 Å². The SMILES string of the molecule is I.c1coc(CCNC(=NCC2CCOC2)NC2CCN(C3CC3)CC2)c1. The molecule has 3 fully saturated rings. The van der Waals surface area contributed by atoms with Gasteiger partial charge in [-0.15, -0.1) is 24.0 Å². The van der Waals surface area contributed by atoms with Crippen molar-refractivity contribution in [1.82, 2.24) is 15.5 Å². The molecule has 3 aliphatic rings. The lowest BCUT2D eigenvalue weighted by Gasteiger charge is -2.33. The largest absolute Gasteiger partial charge is 0.469 e. The Bertz CT molecular complexity index is 563. The van der Waals surface area contributed by atoms with Gasteiger partial charge in [-0.25, -0.2) is 0 Å². The summed E-state index contributed by atoms with van der Waals surface area (Å²) >= 11 is 0. The Morgan fingerprint density at radius 3 is 2.70 bits per heavy atom. The number of piperidine rings is 1. The van der Waals surface area contributed by atoms with Crippen molar-refractivity contribution < 1.29 is 9.15 Å². The lowest BCUT2D eigenvalue weighted by Crippen LogP contribution is -2.49. The first kappa shape index (κ1) is 20.9. The van der Waals surface area contributed by atoms with E-state index in [2.05, 4.69) is 15.5 Å².